The smallest absolute Gasteiger partial charge is 0.0276 e. The Morgan fingerprint density at radius 2 is 1.76 bits per heavy atom. The standard InChI is InChI=1S/C14H22INS/c1-4-14(5-2,17-3)11-16-10-12-6-8-13(15)9-7-12/h6-9,16H,4-5,10-11H2,1-3H3. The van der Waals surface area contributed by atoms with Crippen LogP contribution in [0.25, 0.3) is 0 Å². The summed E-state index contributed by atoms with van der Waals surface area (Å²) < 4.78 is 1.70. The first-order valence-corrected chi connectivity index (χ1v) is 8.46. The molecule has 3 heteroatoms. The van der Waals surface area contributed by atoms with Gasteiger partial charge in [-0.05, 0) is 59.4 Å². The van der Waals surface area contributed by atoms with Gasteiger partial charge in [0.1, 0.15) is 0 Å². The first-order valence-electron chi connectivity index (χ1n) is 6.16. The zero-order valence-electron chi connectivity index (χ0n) is 10.9. The Bertz CT molecular complexity index is 311. The molecule has 1 rings (SSSR count). The summed E-state index contributed by atoms with van der Waals surface area (Å²) in [5.74, 6) is 0. The summed E-state index contributed by atoms with van der Waals surface area (Å²) in [5, 5.41) is 3.59. The van der Waals surface area contributed by atoms with Crippen LogP contribution in [0.4, 0.5) is 0 Å². The molecule has 0 amide bonds. The average molecular weight is 363 g/mol. The molecule has 0 aliphatic carbocycles. The van der Waals surface area contributed by atoms with Crippen LogP contribution in [-0.2, 0) is 6.54 Å². The molecule has 0 aliphatic heterocycles. The van der Waals surface area contributed by atoms with Crippen LogP contribution in [0.2, 0.25) is 0 Å². The lowest BCUT2D eigenvalue weighted by atomic mass is 10.0. The summed E-state index contributed by atoms with van der Waals surface area (Å²) in [6.45, 7) is 6.63. The minimum Gasteiger partial charge on any atom is -0.311 e. The van der Waals surface area contributed by atoms with Crippen molar-refractivity contribution in [2.45, 2.75) is 38.0 Å². The van der Waals surface area contributed by atoms with Gasteiger partial charge in [0.05, 0.1) is 0 Å². The number of hydrogen-bond donors (Lipinski definition) is 1. The molecule has 0 heterocycles. The van der Waals surface area contributed by atoms with Crippen LogP contribution in [0.15, 0.2) is 24.3 Å². The molecular formula is C14H22INS. The Morgan fingerprint density at radius 1 is 1.18 bits per heavy atom. The van der Waals surface area contributed by atoms with Crippen molar-refractivity contribution in [1.29, 1.82) is 0 Å². The zero-order chi connectivity index (χ0) is 12.7. The summed E-state index contributed by atoms with van der Waals surface area (Å²) >= 11 is 4.33. The Morgan fingerprint density at radius 3 is 2.24 bits per heavy atom. The van der Waals surface area contributed by atoms with Gasteiger partial charge >= 0.3 is 0 Å². The van der Waals surface area contributed by atoms with Gasteiger partial charge in [-0.1, -0.05) is 26.0 Å². The van der Waals surface area contributed by atoms with Gasteiger partial charge < -0.3 is 5.32 Å². The molecule has 17 heavy (non-hydrogen) atoms. The molecule has 1 aromatic rings. The van der Waals surface area contributed by atoms with E-state index in [1.165, 1.54) is 22.0 Å². The maximum atomic E-state index is 3.59. The molecule has 1 aromatic carbocycles. The fraction of sp³-hybridized carbons (Fsp3) is 0.571. The first kappa shape index (κ1) is 15.3. The number of hydrogen-bond acceptors (Lipinski definition) is 2. The van der Waals surface area contributed by atoms with Crippen molar-refractivity contribution in [1.82, 2.24) is 5.32 Å². The molecule has 0 unspecified atom stereocenters. The largest absolute Gasteiger partial charge is 0.311 e. The average Bonchev–Trinajstić information content (AvgIpc) is 2.38. The maximum Gasteiger partial charge on any atom is 0.0276 e. The lowest BCUT2D eigenvalue weighted by molar-refractivity contribution is 0.495. The van der Waals surface area contributed by atoms with Crippen molar-refractivity contribution in [3.63, 3.8) is 0 Å². The molecule has 0 saturated carbocycles. The number of benzene rings is 1. The number of thioether (sulfide) groups is 1. The summed E-state index contributed by atoms with van der Waals surface area (Å²) in [5.41, 5.74) is 1.37. The lowest BCUT2D eigenvalue weighted by Crippen LogP contribution is -2.36. The number of rotatable bonds is 7. The predicted octanol–water partition coefficient (Wildman–Crippen LogP) is 4.30. The molecule has 0 aromatic heterocycles. The Labute approximate surface area is 123 Å². The highest BCUT2D eigenvalue weighted by atomic mass is 127. The SMILES string of the molecule is CCC(CC)(CNCc1ccc(I)cc1)SC. The van der Waals surface area contributed by atoms with Crippen molar-refractivity contribution in [2.24, 2.45) is 0 Å². The van der Waals surface area contributed by atoms with Crippen molar-refractivity contribution < 1.29 is 0 Å². The van der Waals surface area contributed by atoms with Crippen LogP contribution >= 0.6 is 34.4 Å². The van der Waals surface area contributed by atoms with E-state index in [1.807, 2.05) is 11.8 Å². The topological polar surface area (TPSA) is 12.0 Å². The van der Waals surface area contributed by atoms with Crippen LogP contribution in [0.1, 0.15) is 32.3 Å². The Balaban J connectivity index is 2.43. The second-order valence-electron chi connectivity index (χ2n) is 4.32. The van der Waals surface area contributed by atoms with Crippen LogP contribution in [0, 0.1) is 3.57 Å². The monoisotopic (exact) mass is 363 g/mol. The van der Waals surface area contributed by atoms with Crippen LogP contribution in [0.3, 0.4) is 0 Å². The summed E-state index contributed by atoms with van der Waals surface area (Å²) in [6.07, 6.45) is 4.67. The normalized spacial score (nSPS) is 11.8. The van der Waals surface area contributed by atoms with E-state index >= 15 is 0 Å². The van der Waals surface area contributed by atoms with Gasteiger partial charge in [0.25, 0.3) is 0 Å². The number of nitrogens with one attached hydrogen (secondary N) is 1. The van der Waals surface area contributed by atoms with Crippen LogP contribution < -0.4 is 5.32 Å². The fourth-order valence-corrected chi connectivity index (χ4v) is 3.08. The summed E-state index contributed by atoms with van der Waals surface area (Å²) in [7, 11) is 0. The quantitative estimate of drug-likeness (QED) is 0.725. The minimum atomic E-state index is 0.406. The van der Waals surface area contributed by atoms with E-state index in [-0.39, 0.29) is 0 Å². The lowest BCUT2D eigenvalue weighted by Gasteiger charge is -2.30. The van der Waals surface area contributed by atoms with E-state index in [4.69, 9.17) is 0 Å². The molecule has 0 aliphatic rings. The van der Waals surface area contributed by atoms with Gasteiger partial charge in [-0.15, -0.1) is 0 Å². The molecular weight excluding hydrogens is 341 g/mol. The molecule has 0 spiro atoms. The van der Waals surface area contributed by atoms with Gasteiger partial charge in [0, 0.05) is 21.4 Å². The summed E-state index contributed by atoms with van der Waals surface area (Å²) in [6, 6.07) is 8.74. The fourth-order valence-electron chi connectivity index (χ4n) is 1.90. The molecule has 1 N–H and O–H groups in total. The second-order valence-corrected chi connectivity index (χ2v) is 6.84. The van der Waals surface area contributed by atoms with E-state index < -0.39 is 0 Å². The van der Waals surface area contributed by atoms with Crippen molar-refractivity contribution in [3.05, 3.63) is 33.4 Å². The van der Waals surface area contributed by atoms with Gasteiger partial charge in [0.15, 0.2) is 0 Å². The first-order chi connectivity index (χ1) is 8.15. The summed E-state index contributed by atoms with van der Waals surface area (Å²) in [4.78, 5) is 0. The third-order valence-electron chi connectivity index (χ3n) is 3.41. The third kappa shape index (κ3) is 4.79. The van der Waals surface area contributed by atoms with Crippen molar-refractivity contribution >= 4 is 34.4 Å². The van der Waals surface area contributed by atoms with E-state index in [9.17, 15) is 0 Å². The highest BCUT2D eigenvalue weighted by Crippen LogP contribution is 2.29. The van der Waals surface area contributed by atoms with Crippen molar-refractivity contribution in [2.75, 3.05) is 12.8 Å². The Hall–Kier alpha value is 0.260. The molecule has 0 saturated heterocycles. The highest BCUT2D eigenvalue weighted by Gasteiger charge is 2.23. The molecule has 0 bridgehead atoms. The molecule has 1 nitrogen and oxygen atoms in total. The van der Waals surface area contributed by atoms with Crippen LogP contribution in [0.5, 0.6) is 0 Å². The third-order valence-corrected chi connectivity index (χ3v) is 5.72. The van der Waals surface area contributed by atoms with E-state index in [0.717, 1.165) is 13.1 Å². The van der Waals surface area contributed by atoms with Gasteiger partial charge in [-0.3, -0.25) is 0 Å². The minimum absolute atomic E-state index is 0.406. The molecule has 0 fully saturated rings. The van der Waals surface area contributed by atoms with E-state index in [1.54, 1.807) is 0 Å². The van der Waals surface area contributed by atoms with Gasteiger partial charge in [0.2, 0.25) is 0 Å². The predicted molar refractivity (Wildman–Crippen MR) is 87.7 cm³/mol. The Kier molecular flexibility index (Phi) is 6.89. The van der Waals surface area contributed by atoms with Gasteiger partial charge in [-0.25, -0.2) is 0 Å². The van der Waals surface area contributed by atoms with Crippen LogP contribution in [-0.4, -0.2) is 17.5 Å². The molecule has 0 atom stereocenters. The highest BCUT2D eigenvalue weighted by molar-refractivity contribution is 14.1. The second kappa shape index (κ2) is 7.64. The van der Waals surface area contributed by atoms with Gasteiger partial charge in [-0.2, -0.15) is 11.8 Å². The maximum absolute atomic E-state index is 3.59. The van der Waals surface area contributed by atoms with E-state index in [0.29, 0.717) is 4.75 Å². The van der Waals surface area contributed by atoms with E-state index in [2.05, 4.69) is 72.3 Å². The van der Waals surface area contributed by atoms with Crippen molar-refractivity contribution in [3.8, 4) is 0 Å². The number of halogens is 1. The zero-order valence-corrected chi connectivity index (χ0v) is 13.9. The molecule has 96 valence electrons. The molecule has 0 radical (unpaired) electrons.